The number of piperazine rings is 1. The molecule has 1 aliphatic heterocycles. The number of fused-ring (bicyclic) bond motifs is 3. The molecule has 6 nitrogen and oxygen atoms in total. The monoisotopic (exact) mass is 473 g/mol. The SMILES string of the molecule is CC(=O)N1CCN(CC(=O)[C@H]2CC[C@H]3[C@@H]4CC[C@H](C[C@](C)(O)CCC=N)C[C@H]4CC[C@]23C)CC1. The average Bonchev–Trinajstić information content (AvgIpc) is 3.15. The Hall–Kier alpha value is -1.27. The van der Waals surface area contributed by atoms with Crippen LogP contribution in [-0.2, 0) is 9.59 Å². The number of Topliss-reactive ketones (excluding diaryl/α,β-unsaturated/α-hetero) is 1. The number of hydrogen-bond donors (Lipinski definition) is 2. The number of hydrogen-bond acceptors (Lipinski definition) is 5. The summed E-state index contributed by atoms with van der Waals surface area (Å²) >= 11 is 0. The second-order valence-electron chi connectivity index (χ2n) is 12.6. The summed E-state index contributed by atoms with van der Waals surface area (Å²) in [4.78, 5) is 29.2. The van der Waals surface area contributed by atoms with Gasteiger partial charge in [0, 0.05) is 39.0 Å². The van der Waals surface area contributed by atoms with E-state index < -0.39 is 5.60 Å². The van der Waals surface area contributed by atoms with Gasteiger partial charge in [0.1, 0.15) is 5.78 Å². The summed E-state index contributed by atoms with van der Waals surface area (Å²) in [5.41, 5.74) is -0.499. The number of nitrogens with zero attached hydrogens (tertiary/aromatic N) is 2. The highest BCUT2D eigenvalue weighted by Gasteiger charge is 2.56. The Morgan fingerprint density at radius 3 is 2.53 bits per heavy atom. The van der Waals surface area contributed by atoms with Crippen LogP contribution in [0.5, 0.6) is 0 Å². The number of rotatable bonds is 8. The predicted octanol–water partition coefficient (Wildman–Crippen LogP) is 4.15. The molecule has 4 rings (SSSR count). The summed E-state index contributed by atoms with van der Waals surface area (Å²) in [6, 6.07) is 0. The number of nitrogens with one attached hydrogen (secondary N) is 1. The maximum absolute atomic E-state index is 13.5. The zero-order valence-electron chi connectivity index (χ0n) is 21.7. The number of ketones is 1. The van der Waals surface area contributed by atoms with Gasteiger partial charge in [-0.2, -0.15) is 0 Å². The highest BCUT2D eigenvalue weighted by atomic mass is 16.3. The second kappa shape index (κ2) is 10.4. The first-order valence-electron chi connectivity index (χ1n) is 13.8. The summed E-state index contributed by atoms with van der Waals surface area (Å²) in [6.07, 6.45) is 12.0. The fraction of sp³-hybridized carbons (Fsp3) is 0.893. The Morgan fingerprint density at radius 2 is 1.85 bits per heavy atom. The van der Waals surface area contributed by atoms with Crippen LogP contribution >= 0.6 is 0 Å². The topological polar surface area (TPSA) is 84.7 Å². The molecule has 192 valence electrons. The summed E-state index contributed by atoms with van der Waals surface area (Å²) in [7, 11) is 0. The molecule has 0 radical (unpaired) electrons. The van der Waals surface area contributed by atoms with E-state index in [9.17, 15) is 14.7 Å². The van der Waals surface area contributed by atoms with Crippen molar-refractivity contribution in [2.45, 2.75) is 90.6 Å². The molecule has 3 saturated carbocycles. The van der Waals surface area contributed by atoms with E-state index in [0.717, 1.165) is 50.9 Å². The quantitative estimate of drug-likeness (QED) is 0.519. The van der Waals surface area contributed by atoms with Crippen molar-refractivity contribution in [3.05, 3.63) is 0 Å². The van der Waals surface area contributed by atoms with Crippen LogP contribution < -0.4 is 0 Å². The van der Waals surface area contributed by atoms with Crippen molar-refractivity contribution >= 4 is 17.9 Å². The van der Waals surface area contributed by atoms with E-state index in [-0.39, 0.29) is 17.2 Å². The smallest absolute Gasteiger partial charge is 0.219 e. The van der Waals surface area contributed by atoms with Crippen LogP contribution in [0.25, 0.3) is 0 Å². The number of aliphatic hydroxyl groups is 1. The molecule has 0 aromatic carbocycles. The third-order valence-corrected chi connectivity index (χ3v) is 10.3. The average molecular weight is 474 g/mol. The lowest BCUT2D eigenvalue weighted by molar-refractivity contribution is -0.132. The maximum Gasteiger partial charge on any atom is 0.219 e. The van der Waals surface area contributed by atoms with Crippen molar-refractivity contribution in [3.8, 4) is 0 Å². The van der Waals surface area contributed by atoms with Crippen LogP contribution in [0.4, 0.5) is 0 Å². The van der Waals surface area contributed by atoms with Gasteiger partial charge in [-0.1, -0.05) is 13.3 Å². The minimum absolute atomic E-state index is 0.138. The Kier molecular flexibility index (Phi) is 7.88. The first-order valence-corrected chi connectivity index (χ1v) is 13.8. The van der Waals surface area contributed by atoms with Gasteiger partial charge in [0.2, 0.25) is 5.91 Å². The van der Waals surface area contributed by atoms with Gasteiger partial charge in [0.05, 0.1) is 12.1 Å². The standard InChI is InChI=1S/C28H47N3O3/c1-20(32)31-15-13-30(14-16-31)19-26(33)25-8-7-24-23-6-5-21(18-27(2,34)10-4-12-29)17-22(23)9-11-28(24,25)3/h12,21-25,29,34H,4-11,13-19H2,1-3H3/t21-,22+,23+,24-,25+,27+,28-/m0/s1. The Labute approximate surface area is 206 Å². The molecule has 1 heterocycles. The predicted molar refractivity (Wildman–Crippen MR) is 135 cm³/mol. The first kappa shape index (κ1) is 25.8. The summed E-state index contributed by atoms with van der Waals surface area (Å²) in [5.74, 6) is 3.55. The highest BCUT2D eigenvalue weighted by Crippen LogP contribution is 2.62. The lowest BCUT2D eigenvalue weighted by Gasteiger charge is -2.52. The molecule has 4 fully saturated rings. The molecule has 7 atom stereocenters. The molecule has 0 spiro atoms. The lowest BCUT2D eigenvalue weighted by atomic mass is 9.53. The van der Waals surface area contributed by atoms with Crippen molar-refractivity contribution < 1.29 is 14.7 Å². The Balaban J connectivity index is 1.32. The summed E-state index contributed by atoms with van der Waals surface area (Å²) in [6.45, 7) is 9.67. The van der Waals surface area contributed by atoms with E-state index in [0.29, 0.717) is 37.0 Å². The van der Waals surface area contributed by atoms with Crippen LogP contribution in [0, 0.1) is 40.4 Å². The maximum atomic E-state index is 13.5. The molecule has 1 saturated heterocycles. The summed E-state index contributed by atoms with van der Waals surface area (Å²) in [5, 5.41) is 18.1. The zero-order valence-corrected chi connectivity index (χ0v) is 21.7. The van der Waals surface area contributed by atoms with Crippen LogP contribution in [0.3, 0.4) is 0 Å². The van der Waals surface area contributed by atoms with Gasteiger partial charge in [0.15, 0.2) is 0 Å². The molecule has 6 heteroatoms. The molecule has 0 aromatic heterocycles. The van der Waals surface area contributed by atoms with Crippen molar-refractivity contribution in [2.75, 3.05) is 32.7 Å². The highest BCUT2D eigenvalue weighted by molar-refractivity contribution is 5.84. The number of amides is 1. The molecule has 2 N–H and O–H groups in total. The van der Waals surface area contributed by atoms with Crippen LogP contribution in [0.15, 0.2) is 0 Å². The lowest BCUT2D eigenvalue weighted by Crippen LogP contribution is -2.51. The minimum atomic E-state index is -0.654. The molecule has 0 bridgehead atoms. The second-order valence-corrected chi connectivity index (χ2v) is 12.6. The van der Waals surface area contributed by atoms with Crippen molar-refractivity contribution in [2.24, 2.45) is 35.0 Å². The van der Waals surface area contributed by atoms with Crippen molar-refractivity contribution in [1.82, 2.24) is 9.80 Å². The molecule has 4 aliphatic rings. The van der Waals surface area contributed by atoms with E-state index in [2.05, 4.69) is 11.8 Å². The molecule has 34 heavy (non-hydrogen) atoms. The van der Waals surface area contributed by atoms with E-state index in [4.69, 9.17) is 5.41 Å². The molecular weight excluding hydrogens is 426 g/mol. The number of carbonyl (C=O) groups excluding carboxylic acids is 2. The molecule has 0 unspecified atom stereocenters. The van der Waals surface area contributed by atoms with E-state index in [1.165, 1.54) is 44.7 Å². The molecule has 3 aliphatic carbocycles. The van der Waals surface area contributed by atoms with E-state index in [1.54, 1.807) is 6.92 Å². The Bertz CT molecular complexity index is 760. The molecule has 1 amide bonds. The normalized spacial score (nSPS) is 38.0. The summed E-state index contributed by atoms with van der Waals surface area (Å²) < 4.78 is 0. The van der Waals surface area contributed by atoms with Crippen LogP contribution in [0.1, 0.15) is 85.0 Å². The van der Waals surface area contributed by atoms with Crippen LogP contribution in [0.2, 0.25) is 0 Å². The third kappa shape index (κ3) is 5.43. The van der Waals surface area contributed by atoms with Crippen molar-refractivity contribution in [1.29, 1.82) is 5.41 Å². The minimum Gasteiger partial charge on any atom is -0.390 e. The third-order valence-electron chi connectivity index (χ3n) is 10.3. The van der Waals surface area contributed by atoms with Gasteiger partial charge >= 0.3 is 0 Å². The fourth-order valence-corrected chi connectivity index (χ4v) is 8.44. The van der Waals surface area contributed by atoms with Gasteiger partial charge in [-0.05, 0) is 100 Å². The van der Waals surface area contributed by atoms with Gasteiger partial charge in [-0.15, -0.1) is 0 Å². The van der Waals surface area contributed by atoms with Gasteiger partial charge < -0.3 is 15.4 Å². The largest absolute Gasteiger partial charge is 0.390 e. The molecular formula is C28H47N3O3. The molecule has 0 aromatic rings. The zero-order chi connectivity index (χ0) is 24.5. The van der Waals surface area contributed by atoms with Gasteiger partial charge in [0.25, 0.3) is 0 Å². The number of carbonyl (C=O) groups is 2. The van der Waals surface area contributed by atoms with E-state index >= 15 is 0 Å². The van der Waals surface area contributed by atoms with Crippen LogP contribution in [-0.4, -0.2) is 71.1 Å². The first-order chi connectivity index (χ1) is 16.1. The van der Waals surface area contributed by atoms with Gasteiger partial charge in [-0.25, -0.2) is 0 Å². The Morgan fingerprint density at radius 1 is 1.12 bits per heavy atom. The van der Waals surface area contributed by atoms with Crippen molar-refractivity contribution in [3.63, 3.8) is 0 Å². The fourth-order valence-electron chi connectivity index (χ4n) is 8.44. The van der Waals surface area contributed by atoms with Gasteiger partial charge in [-0.3, -0.25) is 14.5 Å². The van der Waals surface area contributed by atoms with E-state index in [1.807, 2.05) is 11.8 Å².